The van der Waals surface area contributed by atoms with Crippen molar-refractivity contribution in [1.82, 2.24) is 5.32 Å². The average molecular weight is 458 g/mol. The fraction of sp³-hybridized carbons (Fsp3) is 0.286. The van der Waals surface area contributed by atoms with Crippen molar-refractivity contribution in [2.24, 2.45) is 5.92 Å². The zero-order valence-electron chi connectivity index (χ0n) is 19.9. The number of ether oxygens (including phenoxy) is 1. The Kier molecular flexibility index (Phi) is 7.16. The van der Waals surface area contributed by atoms with E-state index in [1.807, 2.05) is 73.7 Å². The molecule has 0 saturated carbocycles. The van der Waals surface area contributed by atoms with Gasteiger partial charge in [-0.1, -0.05) is 38.1 Å². The summed E-state index contributed by atoms with van der Waals surface area (Å²) in [6.07, 6.45) is 0.530. The molecular weight excluding hydrogens is 426 g/mol. The molecule has 34 heavy (non-hydrogen) atoms. The van der Waals surface area contributed by atoms with Crippen LogP contribution in [0.15, 0.2) is 72.8 Å². The largest absolute Gasteiger partial charge is 0.494 e. The van der Waals surface area contributed by atoms with E-state index in [0.29, 0.717) is 30.2 Å². The first-order chi connectivity index (χ1) is 16.5. The van der Waals surface area contributed by atoms with Crippen LogP contribution in [0.3, 0.4) is 0 Å². The van der Waals surface area contributed by atoms with Gasteiger partial charge >= 0.3 is 0 Å². The first kappa shape index (κ1) is 23.4. The summed E-state index contributed by atoms with van der Waals surface area (Å²) in [5.41, 5.74) is 3.68. The van der Waals surface area contributed by atoms with Crippen LogP contribution in [0.25, 0.3) is 0 Å². The molecule has 0 bridgehead atoms. The number of amides is 2. The summed E-state index contributed by atoms with van der Waals surface area (Å²) in [5, 5.41) is 6.46. The fourth-order valence-electron chi connectivity index (χ4n) is 4.08. The van der Waals surface area contributed by atoms with Crippen LogP contribution in [0.4, 0.5) is 11.4 Å². The second-order valence-electron chi connectivity index (χ2n) is 8.76. The highest BCUT2D eigenvalue weighted by Crippen LogP contribution is 2.38. The SMILES string of the molecule is CCOc1ccc(N2C(=O)c3ccccc3C2Nc2cccc(C(=O)NCCC(C)C)c2)cc1. The number of fused-ring (bicyclic) bond motifs is 1. The van der Waals surface area contributed by atoms with E-state index in [4.69, 9.17) is 4.74 Å². The molecule has 1 aliphatic heterocycles. The molecule has 3 aromatic carbocycles. The molecule has 0 aliphatic carbocycles. The molecule has 0 saturated heterocycles. The van der Waals surface area contributed by atoms with Gasteiger partial charge in [-0.3, -0.25) is 14.5 Å². The maximum atomic E-state index is 13.3. The van der Waals surface area contributed by atoms with Crippen LogP contribution in [-0.4, -0.2) is 25.0 Å². The van der Waals surface area contributed by atoms with E-state index < -0.39 is 6.17 Å². The van der Waals surface area contributed by atoms with Crippen LogP contribution < -0.4 is 20.3 Å². The number of nitrogens with one attached hydrogen (secondary N) is 2. The molecule has 1 atom stereocenters. The van der Waals surface area contributed by atoms with Gasteiger partial charge in [-0.2, -0.15) is 0 Å². The quantitative estimate of drug-likeness (QED) is 0.437. The lowest BCUT2D eigenvalue weighted by molar-refractivity contribution is 0.0950. The molecule has 0 radical (unpaired) electrons. The Morgan fingerprint density at radius 1 is 1.03 bits per heavy atom. The summed E-state index contributed by atoms with van der Waals surface area (Å²) in [6.45, 7) is 7.43. The summed E-state index contributed by atoms with van der Waals surface area (Å²) in [5.74, 6) is 1.12. The second-order valence-corrected chi connectivity index (χ2v) is 8.76. The number of nitrogens with zero attached hydrogens (tertiary/aromatic N) is 1. The van der Waals surface area contributed by atoms with Crippen LogP contribution in [0, 0.1) is 5.92 Å². The van der Waals surface area contributed by atoms with Gasteiger partial charge in [0.25, 0.3) is 11.8 Å². The zero-order valence-corrected chi connectivity index (χ0v) is 19.9. The van der Waals surface area contributed by atoms with Crippen molar-refractivity contribution in [2.45, 2.75) is 33.4 Å². The van der Waals surface area contributed by atoms with E-state index in [-0.39, 0.29) is 11.8 Å². The molecule has 1 heterocycles. The highest BCUT2D eigenvalue weighted by Gasteiger charge is 2.37. The fourth-order valence-corrected chi connectivity index (χ4v) is 4.08. The molecule has 2 amide bonds. The molecule has 2 N–H and O–H groups in total. The Hall–Kier alpha value is -3.80. The number of anilines is 2. The minimum Gasteiger partial charge on any atom is -0.494 e. The number of carbonyl (C=O) groups excluding carboxylic acids is 2. The van der Waals surface area contributed by atoms with Crippen LogP contribution in [0.5, 0.6) is 5.75 Å². The van der Waals surface area contributed by atoms with Gasteiger partial charge in [0.2, 0.25) is 0 Å². The summed E-state index contributed by atoms with van der Waals surface area (Å²) in [7, 11) is 0. The van der Waals surface area contributed by atoms with Gasteiger partial charge in [0.1, 0.15) is 11.9 Å². The molecule has 6 heteroatoms. The highest BCUT2D eigenvalue weighted by molar-refractivity contribution is 6.11. The summed E-state index contributed by atoms with van der Waals surface area (Å²) in [4.78, 5) is 27.7. The Morgan fingerprint density at radius 2 is 1.79 bits per heavy atom. The second kappa shape index (κ2) is 10.4. The molecule has 0 fully saturated rings. The Labute approximate surface area is 200 Å². The van der Waals surface area contributed by atoms with E-state index in [2.05, 4.69) is 24.5 Å². The van der Waals surface area contributed by atoms with Crippen molar-refractivity contribution in [2.75, 3.05) is 23.4 Å². The van der Waals surface area contributed by atoms with Crippen molar-refractivity contribution in [3.05, 3.63) is 89.5 Å². The third kappa shape index (κ3) is 5.06. The normalized spacial score (nSPS) is 14.8. The Balaban J connectivity index is 1.59. The zero-order chi connectivity index (χ0) is 24.1. The van der Waals surface area contributed by atoms with Crippen molar-refractivity contribution in [3.63, 3.8) is 0 Å². The van der Waals surface area contributed by atoms with Gasteiger partial charge in [0.05, 0.1) is 6.61 Å². The molecule has 6 nitrogen and oxygen atoms in total. The third-order valence-corrected chi connectivity index (χ3v) is 5.82. The Bertz CT molecular complexity index is 1160. The molecule has 176 valence electrons. The molecule has 0 spiro atoms. The van der Waals surface area contributed by atoms with E-state index in [1.54, 1.807) is 11.0 Å². The lowest BCUT2D eigenvalue weighted by Gasteiger charge is -2.27. The third-order valence-electron chi connectivity index (χ3n) is 5.82. The van der Waals surface area contributed by atoms with Crippen molar-refractivity contribution >= 4 is 23.2 Å². The van der Waals surface area contributed by atoms with Crippen molar-refractivity contribution in [1.29, 1.82) is 0 Å². The van der Waals surface area contributed by atoms with Gasteiger partial charge in [0.15, 0.2) is 0 Å². The maximum absolute atomic E-state index is 13.3. The van der Waals surface area contributed by atoms with E-state index in [9.17, 15) is 9.59 Å². The monoisotopic (exact) mass is 457 g/mol. The molecule has 1 aliphatic rings. The van der Waals surface area contributed by atoms with Crippen LogP contribution >= 0.6 is 0 Å². The number of carbonyl (C=O) groups is 2. The average Bonchev–Trinajstić information content (AvgIpc) is 3.11. The van der Waals surface area contributed by atoms with Gasteiger partial charge in [0, 0.05) is 34.6 Å². The molecular formula is C28H31N3O3. The maximum Gasteiger partial charge on any atom is 0.260 e. The van der Waals surface area contributed by atoms with Crippen molar-refractivity contribution in [3.8, 4) is 5.75 Å². The molecule has 1 unspecified atom stereocenters. The Morgan fingerprint density at radius 3 is 2.53 bits per heavy atom. The number of hydrogen-bond acceptors (Lipinski definition) is 4. The minimum absolute atomic E-state index is 0.0696. The van der Waals surface area contributed by atoms with Gasteiger partial charge in [-0.05, 0) is 67.8 Å². The van der Waals surface area contributed by atoms with Crippen molar-refractivity contribution < 1.29 is 14.3 Å². The van der Waals surface area contributed by atoms with Gasteiger partial charge in [-0.25, -0.2) is 0 Å². The molecule has 4 rings (SSSR count). The lowest BCUT2D eigenvalue weighted by atomic mass is 10.1. The highest BCUT2D eigenvalue weighted by atomic mass is 16.5. The topological polar surface area (TPSA) is 70.7 Å². The van der Waals surface area contributed by atoms with E-state index >= 15 is 0 Å². The predicted octanol–water partition coefficient (Wildman–Crippen LogP) is 5.63. The van der Waals surface area contributed by atoms with Crippen LogP contribution in [0.1, 0.15) is 59.6 Å². The van der Waals surface area contributed by atoms with E-state index in [1.165, 1.54) is 0 Å². The summed E-state index contributed by atoms with van der Waals surface area (Å²) >= 11 is 0. The number of hydrogen-bond donors (Lipinski definition) is 2. The first-order valence-corrected chi connectivity index (χ1v) is 11.8. The van der Waals surface area contributed by atoms with Crippen LogP contribution in [0.2, 0.25) is 0 Å². The van der Waals surface area contributed by atoms with Crippen LogP contribution in [-0.2, 0) is 0 Å². The van der Waals surface area contributed by atoms with E-state index in [0.717, 1.165) is 29.1 Å². The number of rotatable bonds is 9. The standard InChI is InChI=1S/C28H31N3O3/c1-4-34-23-14-12-22(13-15-23)31-26(24-10-5-6-11-25(24)28(31)33)30-21-9-7-8-20(18-21)27(32)29-17-16-19(2)3/h5-15,18-19,26,30H,4,16-17H2,1-3H3,(H,29,32). The van der Waals surface area contributed by atoms with Gasteiger partial charge < -0.3 is 15.4 Å². The first-order valence-electron chi connectivity index (χ1n) is 11.8. The minimum atomic E-state index is -0.402. The molecule has 3 aromatic rings. The smallest absolute Gasteiger partial charge is 0.260 e. The predicted molar refractivity (Wildman–Crippen MR) is 135 cm³/mol. The lowest BCUT2D eigenvalue weighted by Crippen LogP contribution is -2.32. The number of benzene rings is 3. The summed E-state index contributed by atoms with van der Waals surface area (Å²) < 4.78 is 5.55. The molecule has 0 aromatic heterocycles. The summed E-state index contributed by atoms with van der Waals surface area (Å²) in [6, 6.07) is 22.5. The van der Waals surface area contributed by atoms with Gasteiger partial charge in [-0.15, -0.1) is 0 Å².